The molecule has 1 aromatic carbocycles. The summed E-state index contributed by atoms with van der Waals surface area (Å²) < 4.78 is 2.59. The van der Waals surface area contributed by atoms with Crippen molar-refractivity contribution in [3.8, 4) is 0 Å². The molecular weight excluding hydrogens is 282 g/mol. The topological polar surface area (TPSA) is 47.8 Å². The molecule has 0 saturated carbocycles. The van der Waals surface area contributed by atoms with E-state index in [4.69, 9.17) is 0 Å². The van der Waals surface area contributed by atoms with Gasteiger partial charge in [-0.15, -0.1) is 0 Å². The Morgan fingerprint density at radius 2 is 2.12 bits per heavy atom. The van der Waals surface area contributed by atoms with Crippen LogP contribution in [0.5, 0.6) is 0 Å². The summed E-state index contributed by atoms with van der Waals surface area (Å²) in [6.45, 7) is 0. The SMILES string of the molecule is Cn1ncnc1CC(=O)Cc1ccccc1Br. The highest BCUT2D eigenvalue weighted by molar-refractivity contribution is 9.10. The highest BCUT2D eigenvalue weighted by atomic mass is 79.9. The number of benzene rings is 1. The molecule has 1 heterocycles. The average molecular weight is 294 g/mol. The van der Waals surface area contributed by atoms with Gasteiger partial charge in [0.25, 0.3) is 0 Å². The van der Waals surface area contributed by atoms with Crippen molar-refractivity contribution in [2.75, 3.05) is 0 Å². The molecule has 2 rings (SSSR count). The lowest BCUT2D eigenvalue weighted by atomic mass is 10.1. The lowest BCUT2D eigenvalue weighted by Gasteiger charge is -2.03. The van der Waals surface area contributed by atoms with Gasteiger partial charge in [0.05, 0.1) is 6.42 Å². The molecule has 4 nitrogen and oxygen atoms in total. The van der Waals surface area contributed by atoms with Gasteiger partial charge in [-0.05, 0) is 11.6 Å². The Kier molecular flexibility index (Phi) is 3.68. The van der Waals surface area contributed by atoms with Crippen LogP contribution in [0.1, 0.15) is 11.4 Å². The quantitative estimate of drug-likeness (QED) is 0.865. The molecule has 5 heteroatoms. The van der Waals surface area contributed by atoms with E-state index >= 15 is 0 Å². The first-order chi connectivity index (χ1) is 8.16. The Hall–Kier alpha value is -1.49. The van der Waals surface area contributed by atoms with E-state index < -0.39 is 0 Å². The van der Waals surface area contributed by atoms with Gasteiger partial charge < -0.3 is 0 Å². The van der Waals surface area contributed by atoms with Crippen LogP contribution in [0, 0.1) is 0 Å². The molecule has 2 aromatic rings. The number of hydrogen-bond donors (Lipinski definition) is 0. The number of aryl methyl sites for hydroxylation is 1. The fraction of sp³-hybridized carbons (Fsp3) is 0.250. The highest BCUT2D eigenvalue weighted by Crippen LogP contribution is 2.16. The number of nitrogens with zero attached hydrogens (tertiary/aromatic N) is 3. The minimum Gasteiger partial charge on any atom is -0.299 e. The van der Waals surface area contributed by atoms with E-state index in [0.717, 1.165) is 10.0 Å². The summed E-state index contributed by atoms with van der Waals surface area (Å²) in [6.07, 6.45) is 2.19. The summed E-state index contributed by atoms with van der Waals surface area (Å²) in [4.78, 5) is 15.9. The van der Waals surface area contributed by atoms with Crippen LogP contribution < -0.4 is 0 Å². The van der Waals surface area contributed by atoms with Gasteiger partial charge in [-0.2, -0.15) is 5.10 Å². The maximum Gasteiger partial charge on any atom is 0.144 e. The molecule has 0 atom stereocenters. The number of carbonyl (C=O) groups is 1. The maximum atomic E-state index is 11.9. The summed E-state index contributed by atoms with van der Waals surface area (Å²) in [5, 5.41) is 3.94. The van der Waals surface area contributed by atoms with Crippen molar-refractivity contribution in [3.63, 3.8) is 0 Å². The Morgan fingerprint density at radius 1 is 1.35 bits per heavy atom. The summed E-state index contributed by atoms with van der Waals surface area (Å²) >= 11 is 3.43. The number of halogens is 1. The third kappa shape index (κ3) is 3.00. The first-order valence-electron chi connectivity index (χ1n) is 5.25. The molecule has 1 aromatic heterocycles. The molecule has 0 aliphatic carbocycles. The fourth-order valence-electron chi connectivity index (χ4n) is 1.57. The Bertz CT molecular complexity index is 536. The van der Waals surface area contributed by atoms with Crippen molar-refractivity contribution in [1.82, 2.24) is 14.8 Å². The molecule has 0 unspecified atom stereocenters. The molecule has 0 saturated heterocycles. The molecule has 0 aliphatic rings. The maximum absolute atomic E-state index is 11.9. The summed E-state index contributed by atoms with van der Waals surface area (Å²) in [6, 6.07) is 7.74. The van der Waals surface area contributed by atoms with Gasteiger partial charge in [0.2, 0.25) is 0 Å². The standard InChI is InChI=1S/C12H12BrN3O/c1-16-12(14-8-15-16)7-10(17)6-9-4-2-3-5-11(9)13/h2-5,8H,6-7H2,1H3. The van der Waals surface area contributed by atoms with Crippen molar-refractivity contribution in [2.24, 2.45) is 7.05 Å². The second-order valence-electron chi connectivity index (χ2n) is 3.78. The van der Waals surface area contributed by atoms with Crippen molar-refractivity contribution in [3.05, 3.63) is 46.5 Å². The Morgan fingerprint density at radius 3 is 2.76 bits per heavy atom. The molecule has 17 heavy (non-hydrogen) atoms. The van der Waals surface area contributed by atoms with Crippen molar-refractivity contribution in [1.29, 1.82) is 0 Å². The van der Waals surface area contributed by atoms with E-state index in [1.165, 1.54) is 6.33 Å². The number of Topliss-reactive ketones (excluding diaryl/α,β-unsaturated/α-hetero) is 1. The number of rotatable bonds is 4. The normalized spacial score (nSPS) is 10.5. The first-order valence-corrected chi connectivity index (χ1v) is 6.04. The van der Waals surface area contributed by atoms with E-state index in [1.807, 2.05) is 24.3 Å². The van der Waals surface area contributed by atoms with Crippen molar-refractivity contribution >= 4 is 21.7 Å². The highest BCUT2D eigenvalue weighted by Gasteiger charge is 2.10. The van der Waals surface area contributed by atoms with Crippen LogP contribution in [0.3, 0.4) is 0 Å². The van der Waals surface area contributed by atoms with Crippen LogP contribution in [-0.4, -0.2) is 20.5 Å². The average Bonchev–Trinajstić information content (AvgIpc) is 2.68. The molecule has 0 amide bonds. The second kappa shape index (κ2) is 5.23. The van der Waals surface area contributed by atoms with Crippen LogP contribution in [0.15, 0.2) is 35.1 Å². The fourth-order valence-corrected chi connectivity index (χ4v) is 2.00. The van der Waals surface area contributed by atoms with E-state index in [1.54, 1.807) is 11.7 Å². The largest absolute Gasteiger partial charge is 0.299 e. The van der Waals surface area contributed by atoms with Gasteiger partial charge in [0, 0.05) is 17.9 Å². The first kappa shape index (κ1) is 12.0. The zero-order chi connectivity index (χ0) is 12.3. The molecule has 0 fully saturated rings. The molecular formula is C12H12BrN3O. The van der Waals surface area contributed by atoms with Crippen LogP contribution >= 0.6 is 15.9 Å². The summed E-state index contributed by atoms with van der Waals surface area (Å²) in [7, 11) is 1.79. The Labute approximate surface area is 108 Å². The number of hydrogen-bond acceptors (Lipinski definition) is 3. The molecule has 88 valence electrons. The predicted octanol–water partition coefficient (Wildman–Crippen LogP) is 1.93. The van der Waals surface area contributed by atoms with Crippen LogP contribution in [0.4, 0.5) is 0 Å². The van der Waals surface area contributed by atoms with Gasteiger partial charge in [-0.25, -0.2) is 4.98 Å². The smallest absolute Gasteiger partial charge is 0.144 e. The van der Waals surface area contributed by atoms with E-state index in [2.05, 4.69) is 26.0 Å². The summed E-state index contributed by atoms with van der Waals surface area (Å²) in [5.41, 5.74) is 1.000. The molecule has 0 radical (unpaired) electrons. The molecule has 0 N–H and O–H groups in total. The molecule has 0 aliphatic heterocycles. The van der Waals surface area contributed by atoms with Gasteiger partial charge in [-0.1, -0.05) is 34.1 Å². The van der Waals surface area contributed by atoms with Crippen LogP contribution in [0.2, 0.25) is 0 Å². The zero-order valence-electron chi connectivity index (χ0n) is 9.43. The van der Waals surface area contributed by atoms with E-state index in [-0.39, 0.29) is 5.78 Å². The minimum atomic E-state index is 0.132. The van der Waals surface area contributed by atoms with E-state index in [0.29, 0.717) is 18.7 Å². The number of carbonyl (C=O) groups excluding carboxylic acids is 1. The lowest BCUT2D eigenvalue weighted by Crippen LogP contribution is -2.11. The van der Waals surface area contributed by atoms with Crippen molar-refractivity contribution in [2.45, 2.75) is 12.8 Å². The van der Waals surface area contributed by atoms with Gasteiger partial charge in [-0.3, -0.25) is 9.48 Å². The molecule has 0 bridgehead atoms. The molecule has 0 spiro atoms. The van der Waals surface area contributed by atoms with Gasteiger partial charge in [0.15, 0.2) is 0 Å². The van der Waals surface area contributed by atoms with Crippen molar-refractivity contribution < 1.29 is 4.79 Å². The van der Waals surface area contributed by atoms with Crippen LogP contribution in [-0.2, 0) is 24.7 Å². The number of aromatic nitrogens is 3. The minimum absolute atomic E-state index is 0.132. The Balaban J connectivity index is 2.03. The summed E-state index contributed by atoms with van der Waals surface area (Å²) in [5.74, 6) is 0.829. The monoisotopic (exact) mass is 293 g/mol. The second-order valence-corrected chi connectivity index (χ2v) is 4.64. The lowest BCUT2D eigenvalue weighted by molar-refractivity contribution is -0.117. The predicted molar refractivity (Wildman–Crippen MR) is 67.6 cm³/mol. The van der Waals surface area contributed by atoms with Crippen LogP contribution in [0.25, 0.3) is 0 Å². The van der Waals surface area contributed by atoms with Gasteiger partial charge in [0.1, 0.15) is 17.9 Å². The number of ketones is 1. The van der Waals surface area contributed by atoms with Gasteiger partial charge >= 0.3 is 0 Å². The third-order valence-corrected chi connectivity index (χ3v) is 3.28. The van der Waals surface area contributed by atoms with E-state index in [9.17, 15) is 4.79 Å². The zero-order valence-corrected chi connectivity index (χ0v) is 11.0. The third-order valence-electron chi connectivity index (χ3n) is 2.51.